The summed E-state index contributed by atoms with van der Waals surface area (Å²) in [5.74, 6) is 1.71. The molecule has 1 rings (SSSR count). The Morgan fingerprint density at radius 1 is 1.36 bits per heavy atom. The summed E-state index contributed by atoms with van der Waals surface area (Å²) < 4.78 is 0. The Balaban J connectivity index is 2.64. The molecule has 0 spiro atoms. The van der Waals surface area contributed by atoms with Crippen LogP contribution >= 0.6 is 11.8 Å². The molecule has 1 aromatic carbocycles. The summed E-state index contributed by atoms with van der Waals surface area (Å²) in [6.45, 7) is 7.74. The van der Waals surface area contributed by atoms with E-state index in [9.17, 15) is 10.1 Å². The molecule has 120 valence electrons. The highest BCUT2D eigenvalue weighted by molar-refractivity contribution is 7.98. The van der Waals surface area contributed by atoms with Crippen LogP contribution in [-0.4, -0.2) is 36.0 Å². The average molecular weight is 322 g/mol. The fourth-order valence-electron chi connectivity index (χ4n) is 1.57. The van der Waals surface area contributed by atoms with E-state index in [4.69, 9.17) is 0 Å². The minimum Gasteiger partial charge on any atom is -0.356 e. The molecule has 0 aliphatic heterocycles. The normalized spacial score (nSPS) is 11.1. The number of nitrogens with zero attached hydrogens (tertiary/aromatic N) is 2. The second-order valence-electron chi connectivity index (χ2n) is 4.82. The van der Waals surface area contributed by atoms with Crippen LogP contribution in [0.4, 0.5) is 5.69 Å². The van der Waals surface area contributed by atoms with Gasteiger partial charge in [-0.15, -0.1) is 0 Å². The Kier molecular flexibility index (Phi) is 8.06. The van der Waals surface area contributed by atoms with Crippen molar-refractivity contribution in [3.8, 4) is 0 Å². The maximum Gasteiger partial charge on any atom is 0.269 e. The fraction of sp³-hybridized carbons (Fsp3) is 0.400. The Labute approximate surface area is 135 Å². The van der Waals surface area contributed by atoms with Gasteiger partial charge in [0, 0.05) is 31.0 Å². The Bertz CT molecular complexity index is 529. The number of nitrogens with one attached hydrogen (secondary N) is 2. The molecule has 0 radical (unpaired) electrons. The maximum absolute atomic E-state index is 10.6. The van der Waals surface area contributed by atoms with Gasteiger partial charge in [0.1, 0.15) is 0 Å². The molecular formula is C15H22N4O2S. The molecule has 0 amide bonds. The molecule has 2 N–H and O–H groups in total. The molecule has 0 atom stereocenters. The van der Waals surface area contributed by atoms with Crippen molar-refractivity contribution in [1.29, 1.82) is 0 Å². The summed E-state index contributed by atoms with van der Waals surface area (Å²) in [5.41, 5.74) is 2.04. The van der Waals surface area contributed by atoms with E-state index in [1.165, 1.54) is 12.1 Å². The molecule has 0 aromatic heterocycles. The molecule has 0 unspecified atom stereocenters. The molecule has 6 nitrogen and oxygen atoms in total. The number of nitro groups is 1. The van der Waals surface area contributed by atoms with Crippen molar-refractivity contribution in [2.75, 3.05) is 25.1 Å². The number of nitro benzene ring substituents is 1. The van der Waals surface area contributed by atoms with Crippen LogP contribution < -0.4 is 10.6 Å². The molecular weight excluding hydrogens is 300 g/mol. The molecule has 0 heterocycles. The van der Waals surface area contributed by atoms with Crippen LogP contribution in [0, 0.1) is 10.1 Å². The van der Waals surface area contributed by atoms with Gasteiger partial charge in [0.05, 0.1) is 11.5 Å². The molecule has 7 heteroatoms. The molecule has 0 saturated carbocycles. The zero-order valence-corrected chi connectivity index (χ0v) is 13.8. The van der Waals surface area contributed by atoms with E-state index in [0.717, 1.165) is 29.4 Å². The van der Waals surface area contributed by atoms with Gasteiger partial charge in [-0.2, -0.15) is 11.8 Å². The third-order valence-corrected chi connectivity index (χ3v) is 3.34. The Morgan fingerprint density at radius 3 is 2.59 bits per heavy atom. The molecule has 0 fully saturated rings. The van der Waals surface area contributed by atoms with Crippen molar-refractivity contribution < 1.29 is 4.92 Å². The predicted molar refractivity (Wildman–Crippen MR) is 93.4 cm³/mol. The summed E-state index contributed by atoms with van der Waals surface area (Å²) in [4.78, 5) is 14.7. The SMILES string of the molecule is C=C(C)CNC(=NCc1ccc([N+](=O)[O-])cc1)NCCSC. The number of hydrogen-bond acceptors (Lipinski definition) is 4. The second kappa shape index (κ2) is 9.83. The first-order chi connectivity index (χ1) is 10.5. The van der Waals surface area contributed by atoms with Crippen molar-refractivity contribution in [2.45, 2.75) is 13.5 Å². The quantitative estimate of drug-likeness (QED) is 0.192. The highest BCUT2D eigenvalue weighted by Crippen LogP contribution is 2.12. The minimum absolute atomic E-state index is 0.0893. The van der Waals surface area contributed by atoms with Gasteiger partial charge in [-0.1, -0.05) is 24.3 Å². The van der Waals surface area contributed by atoms with Crippen LogP contribution in [0.1, 0.15) is 12.5 Å². The summed E-state index contributed by atoms with van der Waals surface area (Å²) in [6, 6.07) is 6.43. The Morgan fingerprint density at radius 2 is 2.05 bits per heavy atom. The zero-order valence-electron chi connectivity index (χ0n) is 13.0. The van der Waals surface area contributed by atoms with Gasteiger partial charge < -0.3 is 10.6 Å². The first-order valence-electron chi connectivity index (χ1n) is 6.91. The fourth-order valence-corrected chi connectivity index (χ4v) is 1.88. The van der Waals surface area contributed by atoms with E-state index in [-0.39, 0.29) is 5.69 Å². The van der Waals surface area contributed by atoms with Gasteiger partial charge >= 0.3 is 0 Å². The summed E-state index contributed by atoms with van der Waals surface area (Å²) >= 11 is 1.76. The molecule has 0 aliphatic carbocycles. The first kappa shape index (κ1) is 18.0. The highest BCUT2D eigenvalue weighted by Gasteiger charge is 2.04. The maximum atomic E-state index is 10.6. The smallest absolute Gasteiger partial charge is 0.269 e. The molecule has 22 heavy (non-hydrogen) atoms. The predicted octanol–water partition coefficient (Wildman–Crippen LogP) is 2.57. The van der Waals surface area contributed by atoms with E-state index in [1.54, 1.807) is 23.9 Å². The van der Waals surface area contributed by atoms with E-state index in [2.05, 4.69) is 28.5 Å². The molecule has 0 saturated heterocycles. The van der Waals surface area contributed by atoms with Gasteiger partial charge in [0.25, 0.3) is 5.69 Å². The van der Waals surface area contributed by atoms with Crippen molar-refractivity contribution in [1.82, 2.24) is 10.6 Å². The number of hydrogen-bond donors (Lipinski definition) is 2. The van der Waals surface area contributed by atoms with Gasteiger partial charge in [-0.3, -0.25) is 10.1 Å². The summed E-state index contributed by atoms with van der Waals surface area (Å²) in [6.07, 6.45) is 2.05. The standard InChI is InChI=1S/C15H22N4O2S/c1-12(2)10-17-15(16-8-9-22-3)18-11-13-4-6-14(7-5-13)19(20)21/h4-7H,1,8-11H2,2-3H3,(H2,16,17,18). The number of thioether (sulfide) groups is 1. The largest absolute Gasteiger partial charge is 0.356 e. The topological polar surface area (TPSA) is 79.6 Å². The number of benzene rings is 1. The van der Waals surface area contributed by atoms with E-state index < -0.39 is 4.92 Å². The van der Waals surface area contributed by atoms with Crippen LogP contribution in [0.2, 0.25) is 0 Å². The lowest BCUT2D eigenvalue weighted by atomic mass is 10.2. The van der Waals surface area contributed by atoms with Crippen LogP contribution in [0.3, 0.4) is 0 Å². The third kappa shape index (κ3) is 7.12. The second-order valence-corrected chi connectivity index (χ2v) is 5.80. The van der Waals surface area contributed by atoms with E-state index in [0.29, 0.717) is 13.1 Å². The molecule has 1 aromatic rings. The summed E-state index contributed by atoms with van der Waals surface area (Å²) in [7, 11) is 0. The van der Waals surface area contributed by atoms with Gasteiger partial charge in [0.15, 0.2) is 5.96 Å². The van der Waals surface area contributed by atoms with Crippen LogP contribution in [0.5, 0.6) is 0 Å². The molecule has 0 aliphatic rings. The van der Waals surface area contributed by atoms with Crippen molar-refractivity contribution >= 4 is 23.4 Å². The van der Waals surface area contributed by atoms with Crippen molar-refractivity contribution in [3.05, 3.63) is 52.1 Å². The van der Waals surface area contributed by atoms with Crippen LogP contribution in [-0.2, 0) is 6.54 Å². The first-order valence-corrected chi connectivity index (χ1v) is 8.31. The minimum atomic E-state index is -0.406. The average Bonchev–Trinajstić information content (AvgIpc) is 2.49. The van der Waals surface area contributed by atoms with Crippen LogP contribution in [0.25, 0.3) is 0 Å². The highest BCUT2D eigenvalue weighted by atomic mass is 32.2. The third-order valence-electron chi connectivity index (χ3n) is 2.72. The zero-order chi connectivity index (χ0) is 16.4. The van der Waals surface area contributed by atoms with Crippen molar-refractivity contribution in [2.24, 2.45) is 4.99 Å². The number of guanidine groups is 1. The van der Waals surface area contributed by atoms with Crippen LogP contribution in [0.15, 0.2) is 41.4 Å². The summed E-state index contributed by atoms with van der Waals surface area (Å²) in [5, 5.41) is 17.1. The van der Waals surface area contributed by atoms with E-state index >= 15 is 0 Å². The lowest BCUT2D eigenvalue weighted by Crippen LogP contribution is -2.39. The van der Waals surface area contributed by atoms with Gasteiger partial charge in [-0.25, -0.2) is 4.99 Å². The van der Waals surface area contributed by atoms with Crippen molar-refractivity contribution in [3.63, 3.8) is 0 Å². The van der Waals surface area contributed by atoms with Gasteiger partial charge in [0.2, 0.25) is 0 Å². The van der Waals surface area contributed by atoms with E-state index in [1.807, 2.05) is 6.92 Å². The number of rotatable bonds is 8. The lowest BCUT2D eigenvalue weighted by molar-refractivity contribution is -0.384. The monoisotopic (exact) mass is 322 g/mol. The lowest BCUT2D eigenvalue weighted by Gasteiger charge is -2.12. The molecule has 0 bridgehead atoms. The Hall–Kier alpha value is -2.02. The van der Waals surface area contributed by atoms with Gasteiger partial charge in [-0.05, 0) is 18.7 Å². The number of aliphatic imine (C=N–C) groups is 1. The number of non-ortho nitro benzene ring substituents is 1.